The number of ether oxygens (including phenoxy) is 1. The van der Waals surface area contributed by atoms with Gasteiger partial charge in [-0.05, 0) is 31.5 Å². The minimum atomic E-state index is -0.698. The summed E-state index contributed by atoms with van der Waals surface area (Å²) in [5.41, 5.74) is 0.518. The van der Waals surface area contributed by atoms with Crippen molar-refractivity contribution in [2.75, 3.05) is 0 Å². The van der Waals surface area contributed by atoms with Gasteiger partial charge < -0.3 is 9.84 Å². The number of hydrogen-bond acceptors (Lipinski definition) is 3. The zero-order valence-electron chi connectivity index (χ0n) is 10.3. The maximum atomic E-state index is 13.7. The molecule has 1 heterocycles. The fourth-order valence-electron chi connectivity index (χ4n) is 1.56. The van der Waals surface area contributed by atoms with E-state index in [1.54, 1.807) is 23.9 Å². The summed E-state index contributed by atoms with van der Waals surface area (Å²) in [6.07, 6.45) is 2.53. The fraction of sp³-hybridized carbons (Fsp3) is 0.308. The Hall–Kier alpha value is -1.88. The summed E-state index contributed by atoms with van der Waals surface area (Å²) in [5.74, 6) is 0.105. The third-order valence-corrected chi connectivity index (χ3v) is 2.60. The van der Waals surface area contributed by atoms with Crippen molar-refractivity contribution in [3.05, 3.63) is 42.0 Å². The molecule has 5 heteroatoms. The predicted octanol–water partition coefficient (Wildman–Crippen LogP) is 2.89. The quantitative estimate of drug-likeness (QED) is 0.907. The minimum Gasteiger partial charge on any atom is -0.451 e. The van der Waals surface area contributed by atoms with E-state index in [0.29, 0.717) is 11.3 Å². The van der Waals surface area contributed by atoms with Gasteiger partial charge in [0, 0.05) is 6.54 Å². The van der Waals surface area contributed by atoms with Gasteiger partial charge in [0.25, 0.3) is 0 Å². The largest absolute Gasteiger partial charge is 0.451 e. The van der Waals surface area contributed by atoms with Crippen LogP contribution in [0, 0.1) is 5.82 Å². The molecule has 0 spiro atoms. The molecule has 0 amide bonds. The first-order valence-corrected chi connectivity index (χ1v) is 5.78. The van der Waals surface area contributed by atoms with Crippen molar-refractivity contribution in [1.82, 2.24) is 9.78 Å². The number of aliphatic hydroxyl groups is 1. The van der Waals surface area contributed by atoms with Gasteiger partial charge in [-0.1, -0.05) is 6.07 Å². The highest BCUT2D eigenvalue weighted by Crippen LogP contribution is 2.26. The first-order valence-electron chi connectivity index (χ1n) is 5.78. The number of benzene rings is 1. The molecule has 0 saturated heterocycles. The molecular formula is C13H15FN2O2. The van der Waals surface area contributed by atoms with Crippen LogP contribution in [0.4, 0.5) is 4.39 Å². The van der Waals surface area contributed by atoms with Crippen LogP contribution in [0.15, 0.2) is 30.6 Å². The summed E-state index contributed by atoms with van der Waals surface area (Å²) in [6, 6.07) is 4.40. The van der Waals surface area contributed by atoms with E-state index >= 15 is 0 Å². The van der Waals surface area contributed by atoms with Gasteiger partial charge >= 0.3 is 0 Å². The van der Waals surface area contributed by atoms with Gasteiger partial charge in [0.15, 0.2) is 17.3 Å². The van der Waals surface area contributed by atoms with Gasteiger partial charge in [-0.25, -0.2) is 4.39 Å². The average Bonchev–Trinajstić information content (AvgIpc) is 2.79. The zero-order valence-corrected chi connectivity index (χ0v) is 10.3. The lowest BCUT2D eigenvalue weighted by atomic mass is 10.1. The van der Waals surface area contributed by atoms with E-state index < -0.39 is 11.9 Å². The molecule has 2 rings (SSSR count). The summed E-state index contributed by atoms with van der Waals surface area (Å²) in [7, 11) is 0. The van der Waals surface area contributed by atoms with E-state index in [2.05, 4.69) is 5.10 Å². The standard InChI is InChI=1S/C13H15FN2O2/c1-3-16-8-11(7-15-16)18-13-5-4-10(9(2)17)6-12(13)14/h4-9,17H,3H2,1-2H3/t9-/m0/s1. The number of aliphatic hydroxyl groups excluding tert-OH is 1. The van der Waals surface area contributed by atoms with Crippen LogP contribution in [0.5, 0.6) is 11.5 Å². The number of nitrogens with zero attached hydrogens (tertiary/aromatic N) is 2. The average molecular weight is 250 g/mol. The van der Waals surface area contributed by atoms with Crippen LogP contribution in [0.3, 0.4) is 0 Å². The summed E-state index contributed by atoms with van der Waals surface area (Å²) in [6.45, 7) is 4.27. The molecule has 1 atom stereocenters. The van der Waals surface area contributed by atoms with E-state index in [1.807, 2.05) is 6.92 Å². The van der Waals surface area contributed by atoms with E-state index in [0.717, 1.165) is 6.54 Å². The topological polar surface area (TPSA) is 47.3 Å². The molecule has 0 radical (unpaired) electrons. The zero-order chi connectivity index (χ0) is 13.1. The molecule has 2 aromatic rings. The van der Waals surface area contributed by atoms with Crippen molar-refractivity contribution < 1.29 is 14.2 Å². The molecule has 0 saturated carbocycles. The first kappa shape index (κ1) is 12.6. The van der Waals surface area contributed by atoms with E-state index in [9.17, 15) is 9.50 Å². The SMILES string of the molecule is CCn1cc(Oc2ccc([C@H](C)O)cc2F)cn1. The van der Waals surface area contributed by atoms with E-state index in [4.69, 9.17) is 4.74 Å². The third-order valence-electron chi connectivity index (χ3n) is 2.60. The van der Waals surface area contributed by atoms with Gasteiger partial charge in [0.05, 0.1) is 18.5 Å². The Morgan fingerprint density at radius 3 is 2.83 bits per heavy atom. The minimum absolute atomic E-state index is 0.120. The molecule has 0 unspecified atom stereocenters. The summed E-state index contributed by atoms with van der Waals surface area (Å²) in [5, 5.41) is 13.4. The van der Waals surface area contributed by atoms with Crippen molar-refractivity contribution in [3.63, 3.8) is 0 Å². The van der Waals surface area contributed by atoms with Crippen molar-refractivity contribution >= 4 is 0 Å². The maximum absolute atomic E-state index is 13.7. The van der Waals surface area contributed by atoms with Crippen molar-refractivity contribution in [1.29, 1.82) is 0 Å². The van der Waals surface area contributed by atoms with Crippen molar-refractivity contribution in [2.45, 2.75) is 26.5 Å². The molecule has 0 aliphatic rings. The van der Waals surface area contributed by atoms with Crippen LogP contribution in [0.1, 0.15) is 25.5 Å². The van der Waals surface area contributed by atoms with Crippen LogP contribution >= 0.6 is 0 Å². The van der Waals surface area contributed by atoms with Crippen LogP contribution in [0.25, 0.3) is 0 Å². The van der Waals surface area contributed by atoms with Crippen molar-refractivity contribution in [3.8, 4) is 11.5 Å². The van der Waals surface area contributed by atoms with Gasteiger partial charge in [-0.15, -0.1) is 0 Å². The maximum Gasteiger partial charge on any atom is 0.166 e. The van der Waals surface area contributed by atoms with Crippen LogP contribution in [-0.4, -0.2) is 14.9 Å². The molecule has 1 aromatic carbocycles. The Morgan fingerprint density at radius 2 is 2.28 bits per heavy atom. The number of aromatic nitrogens is 2. The fourth-order valence-corrected chi connectivity index (χ4v) is 1.56. The van der Waals surface area contributed by atoms with Crippen LogP contribution < -0.4 is 4.74 Å². The molecule has 4 nitrogen and oxygen atoms in total. The lowest BCUT2D eigenvalue weighted by Gasteiger charge is -2.08. The first-order chi connectivity index (χ1) is 8.60. The molecule has 96 valence electrons. The monoisotopic (exact) mass is 250 g/mol. The van der Waals surface area contributed by atoms with E-state index in [-0.39, 0.29) is 5.75 Å². The molecule has 0 aliphatic carbocycles. The molecule has 0 aliphatic heterocycles. The Labute approximate surface area is 105 Å². The van der Waals surface area contributed by atoms with Crippen LogP contribution in [0.2, 0.25) is 0 Å². The lowest BCUT2D eigenvalue weighted by molar-refractivity contribution is 0.198. The third kappa shape index (κ3) is 2.68. The highest BCUT2D eigenvalue weighted by molar-refractivity contribution is 5.33. The highest BCUT2D eigenvalue weighted by atomic mass is 19.1. The van der Waals surface area contributed by atoms with Gasteiger partial charge in [0.2, 0.25) is 0 Å². The number of halogens is 1. The molecule has 1 N–H and O–H groups in total. The van der Waals surface area contributed by atoms with Crippen molar-refractivity contribution in [2.24, 2.45) is 0 Å². The lowest BCUT2D eigenvalue weighted by Crippen LogP contribution is -1.94. The smallest absolute Gasteiger partial charge is 0.166 e. The Balaban J connectivity index is 2.19. The molecule has 0 fully saturated rings. The molecular weight excluding hydrogens is 235 g/mol. The van der Waals surface area contributed by atoms with Gasteiger partial charge in [-0.3, -0.25) is 4.68 Å². The number of hydrogen-bond donors (Lipinski definition) is 1. The van der Waals surface area contributed by atoms with E-state index in [1.165, 1.54) is 18.3 Å². The summed E-state index contributed by atoms with van der Waals surface area (Å²) >= 11 is 0. The number of aryl methyl sites for hydroxylation is 1. The highest BCUT2D eigenvalue weighted by Gasteiger charge is 2.09. The second-order valence-electron chi connectivity index (χ2n) is 4.00. The second-order valence-corrected chi connectivity index (χ2v) is 4.00. The number of rotatable bonds is 4. The molecule has 1 aromatic heterocycles. The molecule has 0 bridgehead atoms. The second kappa shape index (κ2) is 5.18. The Kier molecular flexibility index (Phi) is 3.62. The molecule has 18 heavy (non-hydrogen) atoms. The normalized spacial score (nSPS) is 12.4. The summed E-state index contributed by atoms with van der Waals surface area (Å²) < 4.78 is 20.8. The predicted molar refractivity (Wildman–Crippen MR) is 65.0 cm³/mol. The van der Waals surface area contributed by atoms with Crippen LogP contribution in [-0.2, 0) is 6.54 Å². The van der Waals surface area contributed by atoms with Gasteiger partial charge in [-0.2, -0.15) is 5.10 Å². The Morgan fingerprint density at radius 1 is 1.50 bits per heavy atom. The van der Waals surface area contributed by atoms with Gasteiger partial charge in [0.1, 0.15) is 0 Å². The summed E-state index contributed by atoms with van der Waals surface area (Å²) in [4.78, 5) is 0. The Bertz CT molecular complexity index is 538.